The highest BCUT2D eigenvalue weighted by Gasteiger charge is 2.13. The van der Waals surface area contributed by atoms with Crippen molar-refractivity contribution in [1.29, 1.82) is 0 Å². The largest absolute Gasteiger partial charge is 0.488 e. The third-order valence-electron chi connectivity index (χ3n) is 6.64. The number of unbranched alkanes of at least 4 members (excludes halogenated alkanes) is 6. The lowest BCUT2D eigenvalue weighted by molar-refractivity contribution is 0.197. The molecule has 37 heavy (non-hydrogen) atoms. The van der Waals surface area contributed by atoms with E-state index >= 15 is 0 Å². The van der Waals surface area contributed by atoms with Gasteiger partial charge in [-0.05, 0) is 92.8 Å². The first-order valence-electron chi connectivity index (χ1n) is 13.8. The highest BCUT2D eigenvalue weighted by Crippen LogP contribution is 2.42. The maximum absolute atomic E-state index is 14.9. The summed E-state index contributed by atoms with van der Waals surface area (Å²) in [6.07, 6.45) is 12.2. The molecule has 3 aromatic heterocycles. The van der Waals surface area contributed by atoms with Crippen molar-refractivity contribution < 1.29 is 9.13 Å². The summed E-state index contributed by atoms with van der Waals surface area (Å²) in [6.45, 7) is 6.50. The molecule has 0 N–H and O–H groups in total. The summed E-state index contributed by atoms with van der Waals surface area (Å²) in [7, 11) is 0. The van der Waals surface area contributed by atoms with Gasteiger partial charge in [-0.3, -0.25) is 0 Å². The molecule has 3 heterocycles. The van der Waals surface area contributed by atoms with Gasteiger partial charge < -0.3 is 4.74 Å². The fraction of sp³-hybridized carbons (Fsp3) is 0.438. The molecule has 0 saturated heterocycles. The molecule has 0 saturated carbocycles. The smallest absolute Gasteiger partial charge is 0.165 e. The highest BCUT2D eigenvalue weighted by molar-refractivity contribution is 7.27. The highest BCUT2D eigenvalue weighted by atomic mass is 32.1. The topological polar surface area (TPSA) is 9.23 Å². The van der Waals surface area contributed by atoms with Crippen molar-refractivity contribution in [3.05, 3.63) is 65.3 Å². The van der Waals surface area contributed by atoms with Crippen molar-refractivity contribution in [2.24, 2.45) is 0 Å². The van der Waals surface area contributed by atoms with E-state index in [1.54, 1.807) is 23.5 Å². The van der Waals surface area contributed by atoms with Crippen molar-refractivity contribution in [3.63, 3.8) is 0 Å². The predicted octanol–water partition coefficient (Wildman–Crippen LogP) is 11.9. The van der Waals surface area contributed by atoms with E-state index in [1.165, 1.54) is 75.8 Å². The number of thiophene rings is 3. The van der Waals surface area contributed by atoms with E-state index in [1.807, 2.05) is 35.7 Å². The third kappa shape index (κ3) is 8.02. The second-order valence-corrected chi connectivity index (χ2v) is 13.2. The minimum Gasteiger partial charge on any atom is -0.488 e. The van der Waals surface area contributed by atoms with E-state index in [2.05, 4.69) is 50.2 Å². The zero-order chi connectivity index (χ0) is 26.0. The Balaban J connectivity index is 1.37. The Morgan fingerprint density at radius 2 is 1.27 bits per heavy atom. The molecular formula is C32H39FOS3. The average molecular weight is 555 g/mol. The monoisotopic (exact) mass is 554 g/mol. The molecule has 0 unspecified atom stereocenters. The van der Waals surface area contributed by atoms with E-state index in [4.69, 9.17) is 4.74 Å². The molecule has 0 aliphatic rings. The zero-order valence-corrected chi connectivity index (χ0v) is 24.8. The van der Waals surface area contributed by atoms with E-state index in [9.17, 15) is 4.39 Å². The SMILES string of the molecule is CCCCCCc1ccc(-c2ccc(-c3ccc(-c4ccc(O[C@H](C)CCCCCC)c(F)c4)s3)s2)s1. The van der Waals surface area contributed by atoms with Crippen LogP contribution in [0.3, 0.4) is 0 Å². The number of hydrogen-bond donors (Lipinski definition) is 0. The molecule has 0 bridgehead atoms. The van der Waals surface area contributed by atoms with Crippen LogP contribution in [0.5, 0.6) is 5.75 Å². The maximum Gasteiger partial charge on any atom is 0.165 e. The molecule has 0 fully saturated rings. The van der Waals surface area contributed by atoms with Crippen LogP contribution in [-0.2, 0) is 6.42 Å². The molecule has 1 atom stereocenters. The fourth-order valence-corrected chi connectivity index (χ4v) is 7.72. The maximum atomic E-state index is 14.9. The summed E-state index contributed by atoms with van der Waals surface area (Å²) < 4.78 is 20.8. The summed E-state index contributed by atoms with van der Waals surface area (Å²) in [4.78, 5) is 7.74. The van der Waals surface area contributed by atoms with Crippen LogP contribution in [0.1, 0.15) is 83.4 Å². The first-order chi connectivity index (χ1) is 18.1. The van der Waals surface area contributed by atoms with Crippen LogP contribution < -0.4 is 4.74 Å². The molecule has 1 aromatic carbocycles. The summed E-state index contributed by atoms with van der Waals surface area (Å²) in [5.74, 6) is 0.0709. The lowest BCUT2D eigenvalue weighted by atomic mass is 10.1. The van der Waals surface area contributed by atoms with Gasteiger partial charge in [0.05, 0.1) is 6.10 Å². The van der Waals surface area contributed by atoms with Crippen molar-refractivity contribution in [2.75, 3.05) is 0 Å². The van der Waals surface area contributed by atoms with Crippen LogP contribution in [0.25, 0.3) is 29.9 Å². The number of ether oxygens (including phenoxy) is 1. The third-order valence-corrected chi connectivity index (χ3v) is 10.4. The van der Waals surface area contributed by atoms with Crippen molar-refractivity contribution in [1.82, 2.24) is 0 Å². The van der Waals surface area contributed by atoms with Crippen molar-refractivity contribution >= 4 is 34.0 Å². The Kier molecular flexibility index (Phi) is 10.8. The van der Waals surface area contributed by atoms with Crippen molar-refractivity contribution in [2.45, 2.75) is 91.1 Å². The van der Waals surface area contributed by atoms with Crippen LogP contribution in [0.15, 0.2) is 54.6 Å². The predicted molar refractivity (Wildman–Crippen MR) is 163 cm³/mol. The lowest BCUT2D eigenvalue weighted by Gasteiger charge is -2.15. The molecule has 0 aliphatic heterocycles. The van der Waals surface area contributed by atoms with E-state index in [0.29, 0.717) is 5.75 Å². The van der Waals surface area contributed by atoms with E-state index in [-0.39, 0.29) is 11.9 Å². The lowest BCUT2D eigenvalue weighted by Crippen LogP contribution is -2.12. The molecule has 0 radical (unpaired) electrons. The van der Waals surface area contributed by atoms with Gasteiger partial charge in [0.2, 0.25) is 0 Å². The van der Waals surface area contributed by atoms with Crippen molar-refractivity contribution in [3.8, 4) is 35.7 Å². The summed E-state index contributed by atoms with van der Waals surface area (Å²) in [6, 6.07) is 18.7. The minimum atomic E-state index is -0.283. The van der Waals surface area contributed by atoms with Gasteiger partial charge in [0.1, 0.15) is 0 Å². The Labute approximate surface area is 234 Å². The number of rotatable bonds is 15. The van der Waals surface area contributed by atoms with Gasteiger partial charge in [-0.15, -0.1) is 34.0 Å². The molecule has 4 rings (SSSR count). The second-order valence-electron chi connectivity index (χ2n) is 9.83. The van der Waals surface area contributed by atoms with Gasteiger partial charge in [0, 0.05) is 29.3 Å². The summed E-state index contributed by atoms with van der Waals surface area (Å²) in [5.41, 5.74) is 0.902. The Morgan fingerprint density at radius 1 is 0.676 bits per heavy atom. The Morgan fingerprint density at radius 3 is 1.95 bits per heavy atom. The zero-order valence-electron chi connectivity index (χ0n) is 22.4. The Bertz CT molecular complexity index is 1230. The first-order valence-corrected chi connectivity index (χ1v) is 16.3. The molecule has 1 nitrogen and oxygen atoms in total. The summed E-state index contributed by atoms with van der Waals surface area (Å²) in [5, 5.41) is 0. The molecule has 4 aromatic rings. The molecule has 0 aliphatic carbocycles. The van der Waals surface area contributed by atoms with Gasteiger partial charge in [0.25, 0.3) is 0 Å². The Hall–Kier alpha value is -1.95. The van der Waals surface area contributed by atoms with Gasteiger partial charge in [-0.2, -0.15) is 0 Å². The van der Waals surface area contributed by atoms with E-state index in [0.717, 1.165) is 23.3 Å². The molecule has 0 amide bonds. The van der Waals surface area contributed by atoms with Crippen LogP contribution in [0, 0.1) is 5.82 Å². The number of halogens is 1. The van der Waals surface area contributed by atoms with Crippen LogP contribution in [-0.4, -0.2) is 6.10 Å². The van der Waals surface area contributed by atoms with Crippen LogP contribution in [0.4, 0.5) is 4.39 Å². The quantitative estimate of drug-likeness (QED) is 0.133. The van der Waals surface area contributed by atoms with E-state index < -0.39 is 0 Å². The minimum absolute atomic E-state index is 0.0269. The first kappa shape index (κ1) is 28.1. The molecule has 0 spiro atoms. The molecule has 198 valence electrons. The average Bonchev–Trinajstić information content (AvgIpc) is 3.66. The second kappa shape index (κ2) is 14.3. The van der Waals surface area contributed by atoms with Gasteiger partial charge in [-0.25, -0.2) is 4.39 Å². The standard InChI is InChI=1S/C32H39FOS3/c1-4-6-8-10-12-23(3)34-27-16-14-24(22-26(27)33)28-18-19-31(36-28)32-21-20-30(37-32)29-17-15-25(35-29)13-11-9-7-5-2/h14-23H,4-13H2,1-3H3/t23-/m1/s1. The number of benzene rings is 1. The molecule has 5 heteroatoms. The number of aryl methyl sites for hydroxylation is 1. The van der Waals surface area contributed by atoms with Gasteiger partial charge in [-0.1, -0.05) is 52.4 Å². The molecular weight excluding hydrogens is 516 g/mol. The van der Waals surface area contributed by atoms with Crippen LogP contribution in [0.2, 0.25) is 0 Å². The number of hydrogen-bond acceptors (Lipinski definition) is 4. The van der Waals surface area contributed by atoms with Gasteiger partial charge in [0.15, 0.2) is 11.6 Å². The van der Waals surface area contributed by atoms with Crippen LogP contribution >= 0.6 is 34.0 Å². The normalized spacial score (nSPS) is 12.2. The fourth-order valence-electron chi connectivity index (χ4n) is 4.48. The summed E-state index contributed by atoms with van der Waals surface area (Å²) >= 11 is 5.49. The van der Waals surface area contributed by atoms with Gasteiger partial charge >= 0.3 is 0 Å².